The Morgan fingerprint density at radius 2 is 1.82 bits per heavy atom. The van der Waals surface area contributed by atoms with Crippen molar-refractivity contribution in [2.75, 3.05) is 0 Å². The Kier molecular flexibility index (Phi) is 4.22. The summed E-state index contributed by atoms with van der Waals surface area (Å²) in [5, 5.41) is 33.6. The molecule has 0 saturated heterocycles. The smallest absolute Gasteiger partial charge is 0.303 e. The van der Waals surface area contributed by atoms with Gasteiger partial charge in [0.15, 0.2) is 5.78 Å². The monoisotopic (exact) mass is 392 g/mol. The zero-order valence-electron chi connectivity index (χ0n) is 17.1. The number of ether oxygens (including phenoxy) is 1. The highest BCUT2D eigenvalue weighted by Gasteiger charge is 2.78. The molecule has 2 bridgehead atoms. The van der Waals surface area contributed by atoms with Crippen molar-refractivity contribution in [2.24, 2.45) is 34.0 Å². The fourth-order valence-corrected chi connectivity index (χ4v) is 7.79. The molecular formula is C22H32O6. The number of rotatable bonds is 1. The van der Waals surface area contributed by atoms with Crippen LogP contribution in [-0.2, 0) is 14.3 Å². The lowest BCUT2D eigenvalue weighted by atomic mass is 9.39. The third-order valence-corrected chi connectivity index (χ3v) is 8.76. The third kappa shape index (κ3) is 2.14. The quantitative estimate of drug-likeness (QED) is 0.463. The van der Waals surface area contributed by atoms with E-state index in [0.29, 0.717) is 6.42 Å². The van der Waals surface area contributed by atoms with Gasteiger partial charge in [0.25, 0.3) is 0 Å². The summed E-state index contributed by atoms with van der Waals surface area (Å²) in [7, 11) is 0. The highest BCUT2D eigenvalue weighted by molar-refractivity contribution is 6.05. The summed E-state index contributed by atoms with van der Waals surface area (Å²) in [5.41, 5.74) is -1.87. The molecule has 0 heterocycles. The van der Waals surface area contributed by atoms with Crippen LogP contribution < -0.4 is 0 Å². The van der Waals surface area contributed by atoms with Gasteiger partial charge < -0.3 is 20.1 Å². The second kappa shape index (κ2) is 5.89. The van der Waals surface area contributed by atoms with Crippen LogP contribution in [0.1, 0.15) is 53.4 Å². The van der Waals surface area contributed by atoms with Crippen molar-refractivity contribution in [3.63, 3.8) is 0 Å². The van der Waals surface area contributed by atoms with Gasteiger partial charge in [0.05, 0.1) is 17.6 Å². The predicted molar refractivity (Wildman–Crippen MR) is 101 cm³/mol. The molecule has 6 heteroatoms. The van der Waals surface area contributed by atoms with Crippen LogP contribution >= 0.6 is 0 Å². The minimum atomic E-state index is -1.47. The van der Waals surface area contributed by atoms with Crippen LogP contribution in [0.2, 0.25) is 0 Å². The number of aliphatic hydroxyl groups excluding tert-OH is 3. The van der Waals surface area contributed by atoms with E-state index in [1.807, 2.05) is 0 Å². The SMILES string of the molecule is C=C1C(=O)[C@@]23[C@H](O)C[C@@H]4C(C)(C)CCC[C@@]4(C)[C@@H]2[C@@H](OC(C)=O)[C@H](O)[C@@H]1[C@H]3O. The fraction of sp³-hybridized carbons (Fsp3) is 0.818. The first-order valence-corrected chi connectivity index (χ1v) is 10.4. The van der Waals surface area contributed by atoms with Gasteiger partial charge in [-0.1, -0.05) is 33.8 Å². The molecule has 1 spiro atoms. The van der Waals surface area contributed by atoms with Crippen molar-refractivity contribution < 1.29 is 29.6 Å². The van der Waals surface area contributed by atoms with Gasteiger partial charge in [0.2, 0.25) is 0 Å². The van der Waals surface area contributed by atoms with Crippen molar-refractivity contribution in [3.05, 3.63) is 12.2 Å². The van der Waals surface area contributed by atoms with Gasteiger partial charge in [0, 0.05) is 18.8 Å². The summed E-state index contributed by atoms with van der Waals surface area (Å²) in [5.74, 6) is -2.41. The summed E-state index contributed by atoms with van der Waals surface area (Å²) < 4.78 is 5.62. The average molecular weight is 392 g/mol. The molecule has 0 aromatic carbocycles. The van der Waals surface area contributed by atoms with E-state index in [9.17, 15) is 24.9 Å². The van der Waals surface area contributed by atoms with Gasteiger partial charge in [-0.2, -0.15) is 0 Å². The lowest BCUT2D eigenvalue weighted by Crippen LogP contribution is -2.72. The molecule has 0 aliphatic heterocycles. The molecule has 0 aromatic heterocycles. The zero-order valence-corrected chi connectivity index (χ0v) is 17.1. The summed E-state index contributed by atoms with van der Waals surface area (Å²) in [6.45, 7) is 11.6. The van der Waals surface area contributed by atoms with E-state index in [1.165, 1.54) is 6.92 Å². The van der Waals surface area contributed by atoms with E-state index in [4.69, 9.17) is 4.74 Å². The Labute approximate surface area is 166 Å². The molecule has 4 aliphatic carbocycles. The Balaban J connectivity index is 1.96. The van der Waals surface area contributed by atoms with Crippen LogP contribution in [0.25, 0.3) is 0 Å². The summed E-state index contributed by atoms with van der Waals surface area (Å²) in [6, 6.07) is 0. The fourth-order valence-electron chi connectivity index (χ4n) is 7.79. The highest BCUT2D eigenvalue weighted by atomic mass is 16.6. The highest BCUT2D eigenvalue weighted by Crippen LogP contribution is 2.71. The zero-order chi connectivity index (χ0) is 20.8. The third-order valence-electron chi connectivity index (χ3n) is 8.76. The maximum Gasteiger partial charge on any atom is 0.303 e. The Morgan fingerprint density at radius 1 is 1.18 bits per heavy atom. The summed E-state index contributed by atoms with van der Waals surface area (Å²) in [4.78, 5) is 25.4. The number of aliphatic hydroxyl groups is 3. The van der Waals surface area contributed by atoms with Crippen molar-refractivity contribution in [1.29, 1.82) is 0 Å². The molecule has 0 radical (unpaired) electrons. The Morgan fingerprint density at radius 3 is 2.43 bits per heavy atom. The van der Waals surface area contributed by atoms with Gasteiger partial charge in [-0.15, -0.1) is 0 Å². The first kappa shape index (κ1) is 20.0. The van der Waals surface area contributed by atoms with E-state index in [2.05, 4.69) is 27.4 Å². The standard InChI is InChI=1S/C22H32O6/c1-10-14-15(25)16(28-11(2)23)17-21(5)8-6-7-20(3,4)12(21)9-13(24)22(17,18(10)26)19(14)27/h12-17,19,24-25,27H,1,6-9H2,2-5H3/t12-,13-,14-,15-,16+,17+,19-,21-,22-/m1/s1. The van der Waals surface area contributed by atoms with Crippen molar-refractivity contribution in [3.8, 4) is 0 Å². The molecule has 0 amide bonds. The van der Waals surface area contributed by atoms with Gasteiger partial charge in [-0.3, -0.25) is 9.59 Å². The van der Waals surface area contributed by atoms with Crippen molar-refractivity contribution in [2.45, 2.75) is 77.8 Å². The van der Waals surface area contributed by atoms with Crippen LogP contribution in [0.4, 0.5) is 0 Å². The minimum absolute atomic E-state index is 0.0677. The maximum absolute atomic E-state index is 13.4. The number of carbonyl (C=O) groups excluding carboxylic acids is 2. The number of hydrogen-bond donors (Lipinski definition) is 3. The maximum atomic E-state index is 13.4. The number of ketones is 1. The molecule has 0 unspecified atom stereocenters. The number of Topliss-reactive ketones (excluding diaryl/α,β-unsaturated/α-hetero) is 1. The molecule has 4 aliphatic rings. The predicted octanol–water partition coefficient (Wildman–Crippen LogP) is 1.61. The van der Waals surface area contributed by atoms with Crippen LogP contribution in [0.15, 0.2) is 12.2 Å². The lowest BCUT2D eigenvalue weighted by Gasteiger charge is -2.66. The molecule has 6 nitrogen and oxygen atoms in total. The molecule has 28 heavy (non-hydrogen) atoms. The molecular weight excluding hydrogens is 360 g/mol. The molecule has 4 fully saturated rings. The van der Waals surface area contributed by atoms with Crippen molar-refractivity contribution in [1.82, 2.24) is 0 Å². The topological polar surface area (TPSA) is 104 Å². The van der Waals surface area contributed by atoms with E-state index in [-0.39, 0.29) is 22.7 Å². The number of esters is 1. The molecule has 3 N–H and O–H groups in total. The second-order valence-corrected chi connectivity index (χ2v) is 10.5. The van der Waals surface area contributed by atoms with Crippen LogP contribution in [-0.4, -0.2) is 51.5 Å². The van der Waals surface area contributed by atoms with Crippen molar-refractivity contribution >= 4 is 11.8 Å². The Bertz CT molecular complexity index is 743. The summed E-state index contributed by atoms with van der Waals surface area (Å²) in [6.07, 6.45) is -1.31. The van der Waals surface area contributed by atoms with Gasteiger partial charge in [-0.25, -0.2) is 0 Å². The van der Waals surface area contributed by atoms with Gasteiger partial charge >= 0.3 is 5.97 Å². The van der Waals surface area contributed by atoms with Crippen LogP contribution in [0, 0.1) is 34.0 Å². The molecule has 4 saturated carbocycles. The number of hydrogen-bond acceptors (Lipinski definition) is 6. The molecule has 0 aromatic rings. The van der Waals surface area contributed by atoms with Gasteiger partial charge in [-0.05, 0) is 41.6 Å². The molecule has 156 valence electrons. The summed E-state index contributed by atoms with van der Waals surface area (Å²) >= 11 is 0. The first-order valence-electron chi connectivity index (χ1n) is 10.4. The molecule has 4 rings (SSSR count). The lowest BCUT2D eigenvalue weighted by molar-refractivity contribution is -0.274. The largest absolute Gasteiger partial charge is 0.459 e. The average Bonchev–Trinajstić information content (AvgIpc) is 2.72. The molecule has 9 atom stereocenters. The normalized spacial score (nSPS) is 52.0. The van der Waals surface area contributed by atoms with Gasteiger partial charge in [0.1, 0.15) is 12.2 Å². The van der Waals surface area contributed by atoms with E-state index in [1.54, 1.807) is 0 Å². The first-order chi connectivity index (χ1) is 12.9. The van der Waals surface area contributed by atoms with Crippen LogP contribution in [0.3, 0.4) is 0 Å². The number of fused-ring (bicyclic) bond motifs is 3. The van der Waals surface area contributed by atoms with E-state index in [0.717, 1.165) is 19.3 Å². The van der Waals surface area contributed by atoms with Crippen LogP contribution in [0.5, 0.6) is 0 Å². The van der Waals surface area contributed by atoms with E-state index >= 15 is 0 Å². The minimum Gasteiger partial charge on any atom is -0.459 e. The number of carbonyl (C=O) groups is 2. The second-order valence-electron chi connectivity index (χ2n) is 10.5. The Hall–Kier alpha value is -1.24. The van der Waals surface area contributed by atoms with E-state index < -0.39 is 53.1 Å².